The largest absolute Gasteiger partial charge is 0.357 e. The standard InChI is InChI=1S/C26H27ClN4O5/c1-16(29-23(33)13-17-8-10-19(27)11-9-17)18-5-3-6-20(14-18)30-21-15-24(34)31(26(21)36)22(7-4-12-32)25(35)28-2/h3,5-6,8-12,14-16,22,30H,4,7,13H2,1-2H3,(H,28,35)(H,29,33). The van der Waals surface area contributed by atoms with E-state index in [1.54, 1.807) is 42.5 Å². The molecular formula is C26H27ClN4O5. The van der Waals surface area contributed by atoms with Gasteiger partial charge in [-0.05, 0) is 48.7 Å². The lowest BCUT2D eigenvalue weighted by Crippen LogP contribution is -2.49. The molecule has 2 aromatic rings. The van der Waals surface area contributed by atoms with Gasteiger partial charge in [-0.1, -0.05) is 35.9 Å². The van der Waals surface area contributed by atoms with Gasteiger partial charge in [0.1, 0.15) is 18.0 Å². The number of anilines is 1. The quantitative estimate of drug-likeness (QED) is 0.315. The SMILES string of the molecule is CNC(=O)C(CCC=O)N1C(=O)C=C(Nc2cccc(C(C)NC(=O)Cc3ccc(Cl)cc3)c2)C1=O. The van der Waals surface area contributed by atoms with Gasteiger partial charge in [0.2, 0.25) is 11.8 Å². The highest BCUT2D eigenvalue weighted by molar-refractivity contribution is 6.30. The predicted octanol–water partition coefficient (Wildman–Crippen LogP) is 2.52. The second-order valence-corrected chi connectivity index (χ2v) is 8.72. The number of nitrogens with one attached hydrogen (secondary N) is 3. The van der Waals surface area contributed by atoms with E-state index in [9.17, 15) is 24.0 Å². The summed E-state index contributed by atoms with van der Waals surface area (Å²) in [4.78, 5) is 61.8. The Morgan fingerprint density at radius 2 is 1.83 bits per heavy atom. The third kappa shape index (κ3) is 6.57. The summed E-state index contributed by atoms with van der Waals surface area (Å²) in [5.41, 5.74) is 2.16. The Kier molecular flexibility index (Phi) is 8.97. The van der Waals surface area contributed by atoms with E-state index in [-0.39, 0.29) is 36.9 Å². The van der Waals surface area contributed by atoms with Crippen molar-refractivity contribution in [2.24, 2.45) is 0 Å². The van der Waals surface area contributed by atoms with Gasteiger partial charge in [0.25, 0.3) is 11.8 Å². The number of nitrogens with zero attached hydrogens (tertiary/aromatic N) is 1. The first-order valence-electron chi connectivity index (χ1n) is 11.4. The number of hydrogen-bond donors (Lipinski definition) is 3. The third-order valence-electron chi connectivity index (χ3n) is 5.69. The van der Waals surface area contributed by atoms with Crippen LogP contribution in [0.3, 0.4) is 0 Å². The number of carbonyl (C=O) groups is 5. The highest BCUT2D eigenvalue weighted by Crippen LogP contribution is 2.23. The Hall–Kier alpha value is -3.98. The molecule has 1 aliphatic rings. The fourth-order valence-corrected chi connectivity index (χ4v) is 3.97. The predicted molar refractivity (Wildman–Crippen MR) is 135 cm³/mol. The topological polar surface area (TPSA) is 125 Å². The summed E-state index contributed by atoms with van der Waals surface area (Å²) >= 11 is 5.89. The Bertz CT molecular complexity index is 1200. The van der Waals surface area contributed by atoms with Crippen molar-refractivity contribution in [2.75, 3.05) is 12.4 Å². The van der Waals surface area contributed by atoms with Crippen LogP contribution in [0.25, 0.3) is 0 Å². The molecule has 0 radical (unpaired) electrons. The van der Waals surface area contributed by atoms with Gasteiger partial charge in [-0.2, -0.15) is 0 Å². The van der Waals surface area contributed by atoms with Crippen LogP contribution in [0.15, 0.2) is 60.3 Å². The Morgan fingerprint density at radius 3 is 2.50 bits per heavy atom. The number of imide groups is 1. The van der Waals surface area contributed by atoms with Crippen LogP contribution in [0.5, 0.6) is 0 Å². The minimum absolute atomic E-state index is 0.0107. The van der Waals surface area contributed by atoms with Crippen LogP contribution in [0.1, 0.15) is 36.9 Å². The zero-order chi connectivity index (χ0) is 26.2. The lowest BCUT2D eigenvalue weighted by molar-refractivity contribution is -0.146. The summed E-state index contributed by atoms with van der Waals surface area (Å²) < 4.78 is 0. The first-order chi connectivity index (χ1) is 17.2. The van der Waals surface area contributed by atoms with E-state index in [0.29, 0.717) is 17.0 Å². The lowest BCUT2D eigenvalue weighted by atomic mass is 10.1. The highest BCUT2D eigenvalue weighted by atomic mass is 35.5. The molecule has 0 aliphatic carbocycles. The van der Waals surface area contributed by atoms with Crippen LogP contribution in [0, 0.1) is 0 Å². The van der Waals surface area contributed by atoms with Gasteiger partial charge in [0.05, 0.1) is 12.5 Å². The molecule has 3 N–H and O–H groups in total. The monoisotopic (exact) mass is 510 g/mol. The summed E-state index contributed by atoms with van der Waals surface area (Å²) in [6.45, 7) is 1.84. The van der Waals surface area contributed by atoms with Crippen molar-refractivity contribution in [3.63, 3.8) is 0 Å². The van der Waals surface area contributed by atoms with Gasteiger partial charge in [0.15, 0.2) is 0 Å². The second-order valence-electron chi connectivity index (χ2n) is 8.29. The molecular weight excluding hydrogens is 484 g/mol. The first kappa shape index (κ1) is 26.6. The van der Waals surface area contributed by atoms with Crippen molar-refractivity contribution in [1.29, 1.82) is 0 Å². The number of rotatable bonds is 11. The van der Waals surface area contributed by atoms with Crippen LogP contribution in [-0.4, -0.2) is 47.9 Å². The Balaban J connectivity index is 1.67. The number of aldehydes is 1. The third-order valence-corrected chi connectivity index (χ3v) is 5.95. The van der Waals surface area contributed by atoms with Crippen LogP contribution < -0.4 is 16.0 Å². The van der Waals surface area contributed by atoms with Gasteiger partial charge in [-0.25, -0.2) is 0 Å². The molecule has 2 unspecified atom stereocenters. The van der Waals surface area contributed by atoms with Gasteiger partial charge >= 0.3 is 0 Å². The molecule has 0 aromatic heterocycles. The number of carbonyl (C=O) groups excluding carboxylic acids is 5. The first-order valence-corrected chi connectivity index (χ1v) is 11.8. The van der Waals surface area contributed by atoms with Crippen molar-refractivity contribution in [2.45, 2.75) is 38.3 Å². The zero-order valence-corrected chi connectivity index (χ0v) is 20.7. The van der Waals surface area contributed by atoms with Crippen molar-refractivity contribution in [3.8, 4) is 0 Å². The van der Waals surface area contributed by atoms with E-state index in [2.05, 4.69) is 16.0 Å². The summed E-state index contributed by atoms with van der Waals surface area (Å²) in [5.74, 6) is -1.98. The Morgan fingerprint density at radius 1 is 1.11 bits per heavy atom. The number of hydrogen-bond acceptors (Lipinski definition) is 6. The maximum atomic E-state index is 12.9. The zero-order valence-electron chi connectivity index (χ0n) is 19.9. The molecule has 0 spiro atoms. The maximum absolute atomic E-state index is 12.9. The highest BCUT2D eigenvalue weighted by Gasteiger charge is 2.39. The van der Waals surface area contributed by atoms with E-state index >= 15 is 0 Å². The lowest BCUT2D eigenvalue weighted by Gasteiger charge is -2.24. The number of halogens is 1. The van der Waals surface area contributed by atoms with Crippen molar-refractivity contribution in [3.05, 3.63) is 76.5 Å². The molecule has 10 heteroatoms. The van der Waals surface area contributed by atoms with Crippen LogP contribution in [-0.2, 0) is 30.4 Å². The van der Waals surface area contributed by atoms with Gasteiger partial charge in [0, 0.05) is 30.3 Å². The van der Waals surface area contributed by atoms with Crippen molar-refractivity contribution < 1.29 is 24.0 Å². The van der Waals surface area contributed by atoms with Gasteiger partial charge in [-0.15, -0.1) is 0 Å². The molecule has 1 heterocycles. The molecule has 0 saturated heterocycles. The molecule has 1 aliphatic heterocycles. The second kappa shape index (κ2) is 12.1. The van der Waals surface area contributed by atoms with E-state index in [1.165, 1.54) is 7.05 Å². The smallest absolute Gasteiger partial charge is 0.278 e. The van der Waals surface area contributed by atoms with Crippen LogP contribution >= 0.6 is 11.6 Å². The molecule has 0 fully saturated rings. The van der Waals surface area contributed by atoms with Gasteiger partial charge in [-0.3, -0.25) is 24.1 Å². The summed E-state index contributed by atoms with van der Waals surface area (Å²) in [5, 5.41) is 8.90. The molecule has 188 valence electrons. The summed E-state index contributed by atoms with van der Waals surface area (Å²) in [6, 6.07) is 12.7. The average Bonchev–Trinajstić information content (AvgIpc) is 3.13. The van der Waals surface area contributed by atoms with Crippen molar-refractivity contribution >= 4 is 47.2 Å². The molecule has 2 atom stereocenters. The molecule has 9 nitrogen and oxygen atoms in total. The molecule has 4 amide bonds. The van der Waals surface area contributed by atoms with Crippen LogP contribution in [0.4, 0.5) is 5.69 Å². The number of likely N-dealkylation sites (N-methyl/N-ethyl adjacent to an activating group) is 1. The van der Waals surface area contributed by atoms with E-state index < -0.39 is 23.8 Å². The van der Waals surface area contributed by atoms with Crippen molar-refractivity contribution in [1.82, 2.24) is 15.5 Å². The number of benzene rings is 2. The maximum Gasteiger partial charge on any atom is 0.278 e. The number of amides is 4. The fourth-order valence-electron chi connectivity index (χ4n) is 3.84. The molecule has 3 rings (SSSR count). The van der Waals surface area contributed by atoms with E-state index in [0.717, 1.165) is 22.1 Å². The van der Waals surface area contributed by atoms with E-state index in [4.69, 9.17) is 11.6 Å². The fraction of sp³-hybridized carbons (Fsp3) is 0.269. The summed E-state index contributed by atoms with van der Waals surface area (Å²) in [6.07, 6.45) is 2.03. The van der Waals surface area contributed by atoms with Crippen LogP contribution in [0.2, 0.25) is 5.02 Å². The normalized spacial score (nSPS) is 14.6. The minimum atomic E-state index is -1.09. The molecule has 0 saturated carbocycles. The minimum Gasteiger partial charge on any atom is -0.357 e. The average molecular weight is 511 g/mol. The molecule has 0 bridgehead atoms. The summed E-state index contributed by atoms with van der Waals surface area (Å²) in [7, 11) is 1.40. The Labute approximate surface area is 213 Å². The molecule has 36 heavy (non-hydrogen) atoms. The molecule has 2 aromatic carbocycles. The van der Waals surface area contributed by atoms with E-state index in [1.807, 2.05) is 13.0 Å². The van der Waals surface area contributed by atoms with Gasteiger partial charge < -0.3 is 20.7 Å².